The molecule has 1 atom stereocenters. The predicted octanol–water partition coefficient (Wildman–Crippen LogP) is 1.47. The minimum atomic E-state index is 0.202. The third-order valence-electron chi connectivity index (χ3n) is 0.966. The molecule has 0 saturated carbocycles. The summed E-state index contributed by atoms with van der Waals surface area (Å²) in [5, 5.41) is 0. The van der Waals surface area contributed by atoms with Crippen molar-refractivity contribution in [2.24, 2.45) is 5.73 Å². The molecule has 0 bridgehead atoms. The van der Waals surface area contributed by atoms with E-state index in [0.29, 0.717) is 0 Å². The van der Waals surface area contributed by atoms with Gasteiger partial charge in [-0.2, -0.15) is 0 Å². The number of hydrogen-bond donors (Lipinski definition) is 1. The molecule has 0 aromatic rings. The van der Waals surface area contributed by atoms with E-state index in [1.54, 1.807) is 6.08 Å². The third kappa shape index (κ3) is 3.62. The SMILES string of the molecule is C=C/C=C\[C@@H](N)CC. The monoisotopic (exact) mass is 111 g/mol. The van der Waals surface area contributed by atoms with E-state index in [1.807, 2.05) is 12.2 Å². The third-order valence-corrected chi connectivity index (χ3v) is 0.966. The number of allylic oxidation sites excluding steroid dienone is 2. The Morgan fingerprint density at radius 3 is 2.75 bits per heavy atom. The quantitative estimate of drug-likeness (QED) is 0.548. The minimum absolute atomic E-state index is 0.202. The molecule has 2 N–H and O–H groups in total. The lowest BCUT2D eigenvalue weighted by atomic mass is 10.2. The molecule has 0 radical (unpaired) electrons. The molecule has 0 aliphatic heterocycles. The summed E-state index contributed by atoms with van der Waals surface area (Å²) in [6.45, 7) is 5.58. The van der Waals surface area contributed by atoms with E-state index >= 15 is 0 Å². The van der Waals surface area contributed by atoms with Crippen molar-refractivity contribution in [1.29, 1.82) is 0 Å². The van der Waals surface area contributed by atoms with Gasteiger partial charge < -0.3 is 5.73 Å². The van der Waals surface area contributed by atoms with E-state index < -0.39 is 0 Å². The summed E-state index contributed by atoms with van der Waals surface area (Å²) >= 11 is 0. The van der Waals surface area contributed by atoms with Crippen LogP contribution in [0.4, 0.5) is 0 Å². The molecular weight excluding hydrogens is 98.1 g/mol. The van der Waals surface area contributed by atoms with Crippen molar-refractivity contribution in [3.63, 3.8) is 0 Å². The summed E-state index contributed by atoms with van der Waals surface area (Å²) in [6.07, 6.45) is 6.53. The van der Waals surface area contributed by atoms with E-state index in [2.05, 4.69) is 13.5 Å². The van der Waals surface area contributed by atoms with Gasteiger partial charge in [0.15, 0.2) is 0 Å². The minimum Gasteiger partial charge on any atom is -0.324 e. The van der Waals surface area contributed by atoms with Gasteiger partial charge in [-0.05, 0) is 6.42 Å². The Labute approximate surface area is 50.9 Å². The summed E-state index contributed by atoms with van der Waals surface area (Å²) in [7, 11) is 0. The van der Waals surface area contributed by atoms with Crippen molar-refractivity contribution < 1.29 is 0 Å². The Kier molecular flexibility index (Phi) is 4.27. The molecule has 46 valence electrons. The van der Waals surface area contributed by atoms with Crippen molar-refractivity contribution >= 4 is 0 Å². The van der Waals surface area contributed by atoms with Crippen molar-refractivity contribution in [3.8, 4) is 0 Å². The molecule has 0 aliphatic carbocycles. The summed E-state index contributed by atoms with van der Waals surface area (Å²) in [4.78, 5) is 0. The molecule has 0 spiro atoms. The molecular formula is C7H13N. The molecule has 0 aliphatic rings. The Bertz CT molecular complexity index is 84.4. The average Bonchev–Trinajstić information content (AvgIpc) is 1.83. The molecule has 0 fully saturated rings. The molecule has 0 aromatic heterocycles. The molecule has 0 amide bonds. The molecule has 1 heteroatoms. The van der Waals surface area contributed by atoms with E-state index in [-0.39, 0.29) is 6.04 Å². The fourth-order valence-electron chi connectivity index (χ4n) is 0.357. The molecule has 0 aromatic carbocycles. The highest BCUT2D eigenvalue weighted by molar-refractivity contribution is 5.01. The van der Waals surface area contributed by atoms with Crippen LogP contribution in [0.1, 0.15) is 13.3 Å². The van der Waals surface area contributed by atoms with Gasteiger partial charge in [-0.15, -0.1) is 0 Å². The van der Waals surface area contributed by atoms with Gasteiger partial charge >= 0.3 is 0 Å². The zero-order chi connectivity index (χ0) is 6.41. The standard InChI is InChI=1S/C7H13N/c1-3-5-6-7(8)4-2/h3,5-7H,1,4,8H2,2H3/b6-5-/t7-/m0/s1. The molecule has 8 heavy (non-hydrogen) atoms. The number of nitrogens with two attached hydrogens (primary N) is 1. The first-order chi connectivity index (χ1) is 3.81. The van der Waals surface area contributed by atoms with Gasteiger partial charge in [-0.25, -0.2) is 0 Å². The lowest BCUT2D eigenvalue weighted by Gasteiger charge is -1.96. The van der Waals surface area contributed by atoms with E-state index in [1.165, 1.54) is 0 Å². The van der Waals surface area contributed by atoms with E-state index in [4.69, 9.17) is 5.73 Å². The second-order valence-electron chi connectivity index (χ2n) is 1.69. The fraction of sp³-hybridized carbons (Fsp3) is 0.429. The Morgan fingerprint density at radius 1 is 1.75 bits per heavy atom. The Balaban J connectivity index is 3.35. The lowest BCUT2D eigenvalue weighted by molar-refractivity contribution is 0.782. The maximum Gasteiger partial charge on any atom is 0.0224 e. The van der Waals surface area contributed by atoms with Crippen molar-refractivity contribution in [1.82, 2.24) is 0 Å². The van der Waals surface area contributed by atoms with Crippen molar-refractivity contribution in [2.45, 2.75) is 19.4 Å². The molecule has 0 unspecified atom stereocenters. The fourth-order valence-corrected chi connectivity index (χ4v) is 0.357. The lowest BCUT2D eigenvalue weighted by Crippen LogP contribution is -2.14. The largest absolute Gasteiger partial charge is 0.324 e. The normalized spacial score (nSPS) is 14.2. The Morgan fingerprint density at radius 2 is 2.38 bits per heavy atom. The van der Waals surface area contributed by atoms with Crippen LogP contribution in [0.2, 0.25) is 0 Å². The van der Waals surface area contributed by atoms with Gasteiger partial charge in [-0.3, -0.25) is 0 Å². The molecule has 1 nitrogen and oxygen atoms in total. The maximum atomic E-state index is 5.52. The van der Waals surface area contributed by atoms with Crippen LogP contribution in [-0.2, 0) is 0 Å². The summed E-state index contributed by atoms with van der Waals surface area (Å²) in [6, 6.07) is 0.202. The second-order valence-corrected chi connectivity index (χ2v) is 1.69. The average molecular weight is 111 g/mol. The van der Waals surface area contributed by atoms with Gasteiger partial charge in [0.2, 0.25) is 0 Å². The first-order valence-corrected chi connectivity index (χ1v) is 2.86. The Hall–Kier alpha value is -0.560. The zero-order valence-corrected chi connectivity index (χ0v) is 5.30. The highest BCUT2D eigenvalue weighted by atomic mass is 14.6. The van der Waals surface area contributed by atoms with Crippen LogP contribution in [-0.4, -0.2) is 6.04 Å². The summed E-state index contributed by atoms with van der Waals surface area (Å²) < 4.78 is 0. The topological polar surface area (TPSA) is 26.0 Å². The van der Waals surface area contributed by atoms with Gasteiger partial charge in [0.25, 0.3) is 0 Å². The highest BCUT2D eigenvalue weighted by Crippen LogP contribution is 1.86. The van der Waals surface area contributed by atoms with Crippen molar-refractivity contribution in [2.75, 3.05) is 0 Å². The van der Waals surface area contributed by atoms with Crippen LogP contribution in [0.3, 0.4) is 0 Å². The van der Waals surface area contributed by atoms with Gasteiger partial charge in [0.1, 0.15) is 0 Å². The first kappa shape index (κ1) is 7.44. The second kappa shape index (κ2) is 4.60. The van der Waals surface area contributed by atoms with Gasteiger partial charge in [0, 0.05) is 6.04 Å². The van der Waals surface area contributed by atoms with Crippen LogP contribution in [0, 0.1) is 0 Å². The van der Waals surface area contributed by atoms with Crippen molar-refractivity contribution in [3.05, 3.63) is 24.8 Å². The predicted molar refractivity (Wildman–Crippen MR) is 37.6 cm³/mol. The summed E-state index contributed by atoms with van der Waals surface area (Å²) in [5.41, 5.74) is 5.52. The van der Waals surface area contributed by atoms with Crippen LogP contribution in [0.15, 0.2) is 24.8 Å². The maximum absolute atomic E-state index is 5.52. The summed E-state index contributed by atoms with van der Waals surface area (Å²) in [5.74, 6) is 0. The van der Waals surface area contributed by atoms with E-state index in [0.717, 1.165) is 6.42 Å². The van der Waals surface area contributed by atoms with Crippen LogP contribution >= 0.6 is 0 Å². The number of rotatable bonds is 3. The van der Waals surface area contributed by atoms with Gasteiger partial charge in [-0.1, -0.05) is 31.7 Å². The highest BCUT2D eigenvalue weighted by Gasteiger charge is 1.86. The molecule has 0 saturated heterocycles. The number of hydrogen-bond acceptors (Lipinski definition) is 1. The first-order valence-electron chi connectivity index (χ1n) is 2.86. The smallest absolute Gasteiger partial charge is 0.0224 e. The molecule has 0 rings (SSSR count). The van der Waals surface area contributed by atoms with Crippen LogP contribution < -0.4 is 5.73 Å². The van der Waals surface area contributed by atoms with Crippen LogP contribution in [0.5, 0.6) is 0 Å². The zero-order valence-electron chi connectivity index (χ0n) is 5.30. The van der Waals surface area contributed by atoms with Gasteiger partial charge in [0.05, 0.1) is 0 Å². The van der Waals surface area contributed by atoms with E-state index in [9.17, 15) is 0 Å². The molecule has 0 heterocycles. The van der Waals surface area contributed by atoms with Crippen LogP contribution in [0.25, 0.3) is 0 Å².